The minimum atomic E-state index is -0.798. The predicted octanol–water partition coefficient (Wildman–Crippen LogP) is 1.26. The number of aliphatic hydroxyl groups is 1. The highest BCUT2D eigenvalue weighted by molar-refractivity contribution is 5.67. The summed E-state index contributed by atoms with van der Waals surface area (Å²) in [6, 6.07) is 0. The van der Waals surface area contributed by atoms with Crippen molar-refractivity contribution in [3.05, 3.63) is 0 Å². The SMILES string of the molecule is CC1CCCC(O)C1CC(=O)O. The fourth-order valence-electron chi connectivity index (χ4n) is 2.00. The molecule has 0 aromatic carbocycles. The average molecular weight is 172 g/mol. The van der Waals surface area contributed by atoms with Gasteiger partial charge in [0.05, 0.1) is 12.5 Å². The van der Waals surface area contributed by atoms with Gasteiger partial charge >= 0.3 is 5.97 Å². The van der Waals surface area contributed by atoms with Crippen LogP contribution in [-0.4, -0.2) is 22.3 Å². The Labute approximate surface area is 72.4 Å². The van der Waals surface area contributed by atoms with Crippen molar-refractivity contribution in [2.24, 2.45) is 11.8 Å². The first kappa shape index (κ1) is 9.52. The molecule has 0 heterocycles. The summed E-state index contributed by atoms with van der Waals surface area (Å²) in [7, 11) is 0. The molecular formula is C9H16O3. The molecule has 0 aliphatic heterocycles. The van der Waals surface area contributed by atoms with Crippen LogP contribution in [0, 0.1) is 11.8 Å². The van der Waals surface area contributed by atoms with E-state index in [1.165, 1.54) is 0 Å². The lowest BCUT2D eigenvalue weighted by Gasteiger charge is -2.32. The molecule has 0 amide bonds. The van der Waals surface area contributed by atoms with E-state index in [1.807, 2.05) is 6.92 Å². The summed E-state index contributed by atoms with van der Waals surface area (Å²) in [5, 5.41) is 18.1. The van der Waals surface area contributed by atoms with Gasteiger partial charge in [0.2, 0.25) is 0 Å². The van der Waals surface area contributed by atoms with E-state index in [0.29, 0.717) is 5.92 Å². The standard InChI is InChI=1S/C9H16O3/c1-6-3-2-4-8(10)7(6)5-9(11)12/h6-8,10H,2-5H2,1H3,(H,11,12). The van der Waals surface area contributed by atoms with Crippen LogP contribution in [0.2, 0.25) is 0 Å². The maximum Gasteiger partial charge on any atom is 0.303 e. The summed E-state index contributed by atoms with van der Waals surface area (Å²) in [4.78, 5) is 10.4. The molecule has 0 radical (unpaired) electrons. The zero-order valence-corrected chi connectivity index (χ0v) is 7.36. The Balaban J connectivity index is 2.50. The molecular weight excluding hydrogens is 156 g/mol. The van der Waals surface area contributed by atoms with Gasteiger partial charge in [-0.1, -0.05) is 19.8 Å². The molecule has 3 heteroatoms. The highest BCUT2D eigenvalue weighted by Crippen LogP contribution is 2.32. The maximum atomic E-state index is 10.4. The Kier molecular flexibility index (Phi) is 3.09. The van der Waals surface area contributed by atoms with E-state index < -0.39 is 12.1 Å². The zero-order chi connectivity index (χ0) is 9.14. The number of carboxylic acids is 1. The van der Waals surface area contributed by atoms with Crippen LogP contribution in [0.3, 0.4) is 0 Å². The van der Waals surface area contributed by atoms with E-state index in [4.69, 9.17) is 5.11 Å². The summed E-state index contributed by atoms with van der Waals surface area (Å²) < 4.78 is 0. The molecule has 70 valence electrons. The Morgan fingerprint density at radius 1 is 1.50 bits per heavy atom. The van der Waals surface area contributed by atoms with Crippen molar-refractivity contribution in [1.29, 1.82) is 0 Å². The van der Waals surface area contributed by atoms with Gasteiger partial charge in [0.15, 0.2) is 0 Å². The second kappa shape index (κ2) is 3.90. The molecule has 1 aliphatic rings. The first-order valence-electron chi connectivity index (χ1n) is 4.51. The van der Waals surface area contributed by atoms with Crippen LogP contribution in [-0.2, 0) is 4.79 Å². The van der Waals surface area contributed by atoms with Gasteiger partial charge in [-0.2, -0.15) is 0 Å². The van der Waals surface area contributed by atoms with Crippen molar-refractivity contribution < 1.29 is 15.0 Å². The fourth-order valence-corrected chi connectivity index (χ4v) is 2.00. The zero-order valence-electron chi connectivity index (χ0n) is 7.36. The molecule has 3 unspecified atom stereocenters. The van der Waals surface area contributed by atoms with E-state index in [9.17, 15) is 9.90 Å². The highest BCUT2D eigenvalue weighted by atomic mass is 16.4. The molecule has 3 atom stereocenters. The lowest BCUT2D eigenvalue weighted by Crippen LogP contribution is -2.32. The number of carboxylic acid groups (broad SMARTS) is 1. The van der Waals surface area contributed by atoms with Gasteiger partial charge in [-0.3, -0.25) is 4.79 Å². The largest absolute Gasteiger partial charge is 0.481 e. The first-order valence-corrected chi connectivity index (χ1v) is 4.51. The summed E-state index contributed by atoms with van der Waals surface area (Å²) in [6.07, 6.45) is 2.56. The van der Waals surface area contributed by atoms with Crippen LogP contribution < -0.4 is 0 Å². The second-order valence-electron chi connectivity index (χ2n) is 3.74. The van der Waals surface area contributed by atoms with Crippen molar-refractivity contribution in [2.45, 2.75) is 38.7 Å². The van der Waals surface area contributed by atoms with Crippen LogP contribution >= 0.6 is 0 Å². The number of carbonyl (C=O) groups is 1. The van der Waals surface area contributed by atoms with Crippen LogP contribution in [0.4, 0.5) is 0 Å². The third kappa shape index (κ3) is 2.21. The molecule has 0 aromatic rings. The normalized spacial score (nSPS) is 36.3. The van der Waals surface area contributed by atoms with E-state index in [2.05, 4.69) is 0 Å². The highest BCUT2D eigenvalue weighted by Gasteiger charge is 2.30. The van der Waals surface area contributed by atoms with Gasteiger partial charge in [-0.15, -0.1) is 0 Å². The van der Waals surface area contributed by atoms with Crippen LogP contribution in [0.25, 0.3) is 0 Å². The molecule has 0 saturated heterocycles. The lowest BCUT2D eigenvalue weighted by atomic mass is 9.77. The summed E-state index contributed by atoms with van der Waals surface area (Å²) in [5.41, 5.74) is 0. The van der Waals surface area contributed by atoms with Crippen LogP contribution in [0.1, 0.15) is 32.6 Å². The summed E-state index contributed by atoms with van der Waals surface area (Å²) in [5.74, 6) is -0.478. The third-order valence-corrected chi connectivity index (χ3v) is 2.79. The quantitative estimate of drug-likeness (QED) is 0.659. The fraction of sp³-hybridized carbons (Fsp3) is 0.889. The Bertz CT molecular complexity index is 157. The molecule has 0 bridgehead atoms. The van der Waals surface area contributed by atoms with E-state index in [1.54, 1.807) is 0 Å². The average Bonchev–Trinajstić information content (AvgIpc) is 1.97. The van der Waals surface area contributed by atoms with E-state index in [0.717, 1.165) is 19.3 Å². The topological polar surface area (TPSA) is 57.5 Å². The van der Waals surface area contributed by atoms with Crippen molar-refractivity contribution in [3.63, 3.8) is 0 Å². The lowest BCUT2D eigenvalue weighted by molar-refractivity contribution is -0.140. The number of hydrogen-bond donors (Lipinski definition) is 2. The molecule has 2 N–H and O–H groups in total. The summed E-state index contributed by atoms with van der Waals surface area (Å²) >= 11 is 0. The van der Waals surface area contributed by atoms with E-state index in [-0.39, 0.29) is 12.3 Å². The van der Waals surface area contributed by atoms with Gasteiger partial charge in [-0.05, 0) is 18.3 Å². The van der Waals surface area contributed by atoms with Crippen LogP contribution in [0.15, 0.2) is 0 Å². The Morgan fingerprint density at radius 2 is 2.17 bits per heavy atom. The maximum absolute atomic E-state index is 10.4. The molecule has 3 nitrogen and oxygen atoms in total. The van der Waals surface area contributed by atoms with Gasteiger partial charge in [0.25, 0.3) is 0 Å². The third-order valence-electron chi connectivity index (χ3n) is 2.79. The van der Waals surface area contributed by atoms with Crippen molar-refractivity contribution in [2.75, 3.05) is 0 Å². The minimum Gasteiger partial charge on any atom is -0.481 e. The summed E-state index contributed by atoms with van der Waals surface area (Å²) in [6.45, 7) is 2.02. The van der Waals surface area contributed by atoms with Crippen molar-refractivity contribution in [1.82, 2.24) is 0 Å². The molecule has 12 heavy (non-hydrogen) atoms. The number of aliphatic carboxylic acids is 1. The monoisotopic (exact) mass is 172 g/mol. The van der Waals surface area contributed by atoms with Crippen molar-refractivity contribution >= 4 is 5.97 Å². The minimum absolute atomic E-state index is 0.0313. The van der Waals surface area contributed by atoms with Gasteiger partial charge in [0, 0.05) is 0 Å². The van der Waals surface area contributed by atoms with Gasteiger partial charge in [0.1, 0.15) is 0 Å². The second-order valence-corrected chi connectivity index (χ2v) is 3.74. The molecule has 1 saturated carbocycles. The van der Waals surface area contributed by atoms with Gasteiger partial charge < -0.3 is 10.2 Å². The smallest absolute Gasteiger partial charge is 0.303 e. The number of rotatable bonds is 2. The Hall–Kier alpha value is -0.570. The van der Waals surface area contributed by atoms with Crippen LogP contribution in [0.5, 0.6) is 0 Å². The molecule has 1 rings (SSSR count). The number of aliphatic hydroxyl groups excluding tert-OH is 1. The first-order chi connectivity index (χ1) is 5.61. The molecule has 0 aromatic heterocycles. The molecule has 1 fully saturated rings. The predicted molar refractivity (Wildman–Crippen MR) is 44.8 cm³/mol. The Morgan fingerprint density at radius 3 is 2.67 bits per heavy atom. The van der Waals surface area contributed by atoms with E-state index >= 15 is 0 Å². The molecule has 1 aliphatic carbocycles. The molecule has 0 spiro atoms. The van der Waals surface area contributed by atoms with Crippen molar-refractivity contribution in [3.8, 4) is 0 Å². The number of hydrogen-bond acceptors (Lipinski definition) is 2. The van der Waals surface area contributed by atoms with Gasteiger partial charge in [-0.25, -0.2) is 0 Å².